The Morgan fingerprint density at radius 2 is 1.76 bits per heavy atom. The van der Waals surface area contributed by atoms with E-state index in [1.807, 2.05) is 51.5 Å². The van der Waals surface area contributed by atoms with E-state index in [0.29, 0.717) is 13.1 Å². The zero-order chi connectivity index (χ0) is 17.2. The molecule has 0 N–H and O–H groups in total. The van der Waals surface area contributed by atoms with Gasteiger partial charge in [0.2, 0.25) is 0 Å². The van der Waals surface area contributed by atoms with E-state index in [0.717, 1.165) is 34.1 Å². The highest BCUT2D eigenvalue weighted by molar-refractivity contribution is 9.10. The largest absolute Gasteiger partial charge is 0.353 e. The van der Waals surface area contributed by atoms with Gasteiger partial charge in [0.25, 0.3) is 5.91 Å². The van der Waals surface area contributed by atoms with Crippen molar-refractivity contribution in [3.05, 3.63) is 57.7 Å². The van der Waals surface area contributed by atoms with Crippen molar-refractivity contribution in [1.29, 1.82) is 0 Å². The van der Waals surface area contributed by atoms with Gasteiger partial charge >= 0.3 is 0 Å². The monoisotopic (exact) mass is 417 g/mol. The number of amides is 1. The maximum absolute atomic E-state index is 12.5. The van der Waals surface area contributed by atoms with Gasteiger partial charge in [-0.1, -0.05) is 0 Å². The maximum atomic E-state index is 12.5. The lowest BCUT2D eigenvalue weighted by molar-refractivity contribution is 0.0751. The average molecular weight is 418 g/mol. The summed E-state index contributed by atoms with van der Waals surface area (Å²) in [7, 11) is 0. The molecule has 8 heteroatoms. The molecule has 0 unspecified atom stereocenters. The van der Waals surface area contributed by atoms with E-state index in [2.05, 4.69) is 30.8 Å². The number of hydrogen-bond acceptors (Lipinski definition) is 5. The van der Waals surface area contributed by atoms with Gasteiger partial charge in [-0.25, -0.2) is 9.97 Å². The van der Waals surface area contributed by atoms with Crippen LogP contribution in [0.15, 0.2) is 52.8 Å². The standard InChI is InChI=1S/C17H16BrN5OS/c18-13-9-14(25-11-13)17(24)23-7-5-22(6-8-23)16-10-15(19-12-20-16)21-3-1-2-4-21/h1-4,9-12H,5-8H2. The summed E-state index contributed by atoms with van der Waals surface area (Å²) >= 11 is 4.88. The molecule has 1 aliphatic heterocycles. The van der Waals surface area contributed by atoms with E-state index in [-0.39, 0.29) is 5.91 Å². The van der Waals surface area contributed by atoms with Gasteiger partial charge in [-0.15, -0.1) is 11.3 Å². The summed E-state index contributed by atoms with van der Waals surface area (Å²) in [6, 6.07) is 7.80. The molecule has 1 amide bonds. The number of hydrogen-bond donors (Lipinski definition) is 0. The van der Waals surface area contributed by atoms with Gasteiger partial charge in [-0.2, -0.15) is 0 Å². The van der Waals surface area contributed by atoms with E-state index in [4.69, 9.17) is 0 Å². The van der Waals surface area contributed by atoms with Gasteiger partial charge in [0.05, 0.1) is 4.88 Å². The zero-order valence-electron chi connectivity index (χ0n) is 13.4. The van der Waals surface area contributed by atoms with E-state index in [9.17, 15) is 4.79 Å². The van der Waals surface area contributed by atoms with Gasteiger partial charge in [0, 0.05) is 54.5 Å². The molecule has 0 spiro atoms. The smallest absolute Gasteiger partial charge is 0.264 e. The molecule has 3 aromatic rings. The molecular weight excluding hydrogens is 402 g/mol. The van der Waals surface area contributed by atoms with Gasteiger partial charge in [0.15, 0.2) is 0 Å². The first kappa shape index (κ1) is 16.3. The molecule has 1 aliphatic rings. The number of rotatable bonds is 3. The van der Waals surface area contributed by atoms with Crippen LogP contribution in [0.5, 0.6) is 0 Å². The Morgan fingerprint density at radius 3 is 2.44 bits per heavy atom. The molecule has 6 nitrogen and oxygen atoms in total. The van der Waals surface area contributed by atoms with Crippen LogP contribution in [0.2, 0.25) is 0 Å². The highest BCUT2D eigenvalue weighted by Gasteiger charge is 2.24. The molecule has 0 aliphatic carbocycles. The second-order valence-electron chi connectivity index (χ2n) is 5.73. The molecule has 4 heterocycles. The number of aromatic nitrogens is 3. The van der Waals surface area contributed by atoms with Crippen LogP contribution in [-0.4, -0.2) is 51.5 Å². The summed E-state index contributed by atoms with van der Waals surface area (Å²) < 4.78 is 2.91. The molecule has 128 valence electrons. The van der Waals surface area contributed by atoms with Crippen LogP contribution >= 0.6 is 27.3 Å². The quantitative estimate of drug-likeness (QED) is 0.656. The van der Waals surface area contributed by atoms with E-state index < -0.39 is 0 Å². The van der Waals surface area contributed by atoms with E-state index in [1.165, 1.54) is 11.3 Å². The van der Waals surface area contributed by atoms with Crippen LogP contribution in [0.1, 0.15) is 9.67 Å². The normalized spacial score (nSPS) is 14.8. The van der Waals surface area contributed by atoms with Crippen LogP contribution in [-0.2, 0) is 0 Å². The molecule has 0 atom stereocenters. The molecule has 3 aromatic heterocycles. The average Bonchev–Trinajstić information content (AvgIpc) is 3.33. The minimum atomic E-state index is 0.103. The third-order valence-electron chi connectivity index (χ3n) is 4.18. The van der Waals surface area contributed by atoms with Crippen LogP contribution in [0.25, 0.3) is 5.82 Å². The van der Waals surface area contributed by atoms with Gasteiger partial charge in [-0.3, -0.25) is 4.79 Å². The fourth-order valence-corrected chi connectivity index (χ4v) is 4.25. The van der Waals surface area contributed by atoms with Crippen molar-refractivity contribution in [2.24, 2.45) is 0 Å². The minimum Gasteiger partial charge on any atom is -0.353 e. The number of piperazine rings is 1. The van der Waals surface area contributed by atoms with Crippen molar-refractivity contribution < 1.29 is 4.79 Å². The number of nitrogens with zero attached hydrogens (tertiary/aromatic N) is 5. The van der Waals surface area contributed by atoms with E-state index >= 15 is 0 Å². The fraction of sp³-hybridized carbons (Fsp3) is 0.235. The SMILES string of the molecule is O=C(c1cc(Br)cs1)N1CCN(c2cc(-n3cccc3)ncn2)CC1. The number of thiophene rings is 1. The number of carbonyl (C=O) groups is 1. The third kappa shape index (κ3) is 3.45. The number of anilines is 1. The first-order valence-electron chi connectivity index (χ1n) is 7.94. The zero-order valence-corrected chi connectivity index (χ0v) is 15.8. The molecule has 0 radical (unpaired) electrons. The first-order valence-corrected chi connectivity index (χ1v) is 9.61. The summed E-state index contributed by atoms with van der Waals surface area (Å²) in [6.07, 6.45) is 5.51. The predicted molar refractivity (Wildman–Crippen MR) is 101 cm³/mol. The van der Waals surface area contributed by atoms with Gasteiger partial charge in [0.1, 0.15) is 18.0 Å². The summed E-state index contributed by atoms with van der Waals surface area (Å²) in [5.41, 5.74) is 0. The highest BCUT2D eigenvalue weighted by Crippen LogP contribution is 2.22. The summed E-state index contributed by atoms with van der Waals surface area (Å²) in [5.74, 6) is 1.84. The van der Waals surface area contributed by atoms with Gasteiger partial charge in [-0.05, 0) is 34.1 Å². The Labute approximate surface area is 157 Å². The second-order valence-corrected chi connectivity index (χ2v) is 7.56. The van der Waals surface area contributed by atoms with Crippen LogP contribution in [0.3, 0.4) is 0 Å². The van der Waals surface area contributed by atoms with Crippen molar-refractivity contribution in [3.8, 4) is 5.82 Å². The Balaban J connectivity index is 1.44. The molecule has 0 bridgehead atoms. The topological polar surface area (TPSA) is 54.3 Å². The highest BCUT2D eigenvalue weighted by atomic mass is 79.9. The van der Waals surface area contributed by atoms with E-state index in [1.54, 1.807) is 6.33 Å². The molecule has 1 saturated heterocycles. The van der Waals surface area contributed by atoms with Crippen molar-refractivity contribution in [2.75, 3.05) is 31.1 Å². The third-order valence-corrected chi connectivity index (χ3v) is 5.86. The molecule has 0 aromatic carbocycles. The summed E-state index contributed by atoms with van der Waals surface area (Å²) in [4.78, 5) is 26.1. The van der Waals surface area contributed by atoms with Crippen molar-refractivity contribution in [2.45, 2.75) is 0 Å². The molecular formula is C17H16BrN5OS. The van der Waals surface area contributed by atoms with Crippen molar-refractivity contribution >= 4 is 39.0 Å². The number of carbonyl (C=O) groups excluding carboxylic acids is 1. The number of halogens is 1. The lowest BCUT2D eigenvalue weighted by Crippen LogP contribution is -2.48. The van der Waals surface area contributed by atoms with Crippen LogP contribution in [0.4, 0.5) is 5.82 Å². The van der Waals surface area contributed by atoms with Crippen molar-refractivity contribution in [1.82, 2.24) is 19.4 Å². The van der Waals surface area contributed by atoms with Crippen LogP contribution in [0, 0.1) is 0 Å². The minimum absolute atomic E-state index is 0.103. The van der Waals surface area contributed by atoms with Crippen molar-refractivity contribution in [3.63, 3.8) is 0 Å². The van der Waals surface area contributed by atoms with Gasteiger partial charge < -0.3 is 14.4 Å². The molecule has 0 saturated carbocycles. The first-order chi connectivity index (χ1) is 12.2. The predicted octanol–water partition coefficient (Wildman–Crippen LogP) is 3.05. The van der Waals surface area contributed by atoms with Crippen LogP contribution < -0.4 is 4.90 Å². The molecule has 1 fully saturated rings. The molecule has 4 rings (SSSR count). The lowest BCUT2D eigenvalue weighted by Gasteiger charge is -2.35. The Morgan fingerprint density at radius 1 is 1.04 bits per heavy atom. The second kappa shape index (κ2) is 6.97. The lowest BCUT2D eigenvalue weighted by atomic mass is 10.3. The summed E-state index contributed by atoms with van der Waals surface area (Å²) in [6.45, 7) is 2.91. The molecule has 25 heavy (non-hydrogen) atoms. The Kier molecular flexibility index (Phi) is 4.54. The Hall–Kier alpha value is -2.19. The fourth-order valence-electron chi connectivity index (χ4n) is 2.86. The maximum Gasteiger partial charge on any atom is 0.264 e. The Bertz CT molecular complexity index is 871. The summed E-state index contributed by atoms with van der Waals surface area (Å²) in [5, 5.41) is 1.94.